The molecule has 1 aliphatic heterocycles. The molecule has 0 aromatic carbocycles. The molecule has 110 valence electrons. The number of fused-ring (bicyclic) bond motifs is 1. The van der Waals surface area contributed by atoms with Crippen molar-refractivity contribution in [3.05, 3.63) is 21.1 Å². The highest BCUT2D eigenvalue weighted by Gasteiger charge is 2.38. The van der Waals surface area contributed by atoms with Crippen molar-refractivity contribution in [3.8, 4) is 0 Å². The Hall–Kier alpha value is -1.14. The van der Waals surface area contributed by atoms with Crippen LogP contribution in [0.15, 0.2) is 6.07 Å². The largest absolute Gasteiger partial charge is 0.388 e. The number of nitrogens with zero attached hydrogens (tertiary/aromatic N) is 2. The summed E-state index contributed by atoms with van der Waals surface area (Å²) in [5.41, 5.74) is 0.165. The molecule has 2 heterocycles. The maximum absolute atomic E-state index is 11.3. The molecule has 1 saturated carbocycles. The lowest BCUT2D eigenvalue weighted by molar-refractivity contribution is -0.383. The van der Waals surface area contributed by atoms with Crippen LogP contribution in [0.25, 0.3) is 0 Å². The average Bonchev–Trinajstić information content (AvgIpc) is 3.04. The van der Waals surface area contributed by atoms with Gasteiger partial charge < -0.3 is 10.0 Å². The second-order valence-corrected chi connectivity index (χ2v) is 6.93. The molecule has 2 aliphatic rings. The SMILES string of the molecule is CC(O)c1cc([N+](=O)[O-])c(N2CCCC3CCCC32)s1. The third-order valence-electron chi connectivity index (χ3n) is 4.58. The zero-order valence-electron chi connectivity index (χ0n) is 11.6. The number of piperidine rings is 1. The third kappa shape index (κ3) is 2.31. The Morgan fingerprint density at radius 3 is 2.90 bits per heavy atom. The van der Waals surface area contributed by atoms with Gasteiger partial charge in [-0.2, -0.15) is 0 Å². The van der Waals surface area contributed by atoms with Gasteiger partial charge in [0.05, 0.1) is 11.0 Å². The Morgan fingerprint density at radius 1 is 1.45 bits per heavy atom. The lowest BCUT2D eigenvalue weighted by Gasteiger charge is -2.38. The fraction of sp³-hybridized carbons (Fsp3) is 0.714. The van der Waals surface area contributed by atoms with Crippen LogP contribution in [0.4, 0.5) is 10.7 Å². The molecule has 3 atom stereocenters. The summed E-state index contributed by atoms with van der Waals surface area (Å²) in [5, 5.41) is 21.7. The molecule has 20 heavy (non-hydrogen) atoms. The number of nitro groups is 1. The van der Waals surface area contributed by atoms with Crippen molar-refractivity contribution < 1.29 is 10.0 Å². The summed E-state index contributed by atoms with van der Waals surface area (Å²) in [4.78, 5) is 13.9. The van der Waals surface area contributed by atoms with E-state index in [9.17, 15) is 15.2 Å². The maximum atomic E-state index is 11.3. The van der Waals surface area contributed by atoms with E-state index in [-0.39, 0.29) is 10.6 Å². The summed E-state index contributed by atoms with van der Waals surface area (Å²) in [5.74, 6) is 0.695. The van der Waals surface area contributed by atoms with Crippen LogP contribution in [-0.4, -0.2) is 22.6 Å². The van der Waals surface area contributed by atoms with Crippen LogP contribution < -0.4 is 4.90 Å². The van der Waals surface area contributed by atoms with E-state index in [2.05, 4.69) is 4.90 Å². The normalized spacial score (nSPS) is 27.4. The second-order valence-electron chi connectivity index (χ2n) is 5.87. The van der Waals surface area contributed by atoms with Crippen molar-refractivity contribution in [1.29, 1.82) is 0 Å². The number of thiophene rings is 1. The van der Waals surface area contributed by atoms with E-state index in [1.165, 1.54) is 30.6 Å². The van der Waals surface area contributed by atoms with Crippen LogP contribution in [0, 0.1) is 16.0 Å². The van der Waals surface area contributed by atoms with Crippen molar-refractivity contribution in [3.63, 3.8) is 0 Å². The summed E-state index contributed by atoms with van der Waals surface area (Å²) in [6.45, 7) is 2.57. The van der Waals surface area contributed by atoms with Crippen molar-refractivity contribution in [2.24, 2.45) is 5.92 Å². The zero-order valence-corrected chi connectivity index (χ0v) is 12.4. The van der Waals surface area contributed by atoms with Gasteiger partial charge in [-0.15, -0.1) is 11.3 Å². The van der Waals surface area contributed by atoms with Crippen LogP contribution in [0.2, 0.25) is 0 Å². The molecule has 1 saturated heterocycles. The van der Waals surface area contributed by atoms with Crippen LogP contribution in [0.3, 0.4) is 0 Å². The second kappa shape index (κ2) is 5.33. The number of hydrogen-bond acceptors (Lipinski definition) is 5. The highest BCUT2D eigenvalue weighted by atomic mass is 32.1. The molecule has 5 nitrogen and oxygen atoms in total. The summed E-state index contributed by atoms with van der Waals surface area (Å²) < 4.78 is 0. The van der Waals surface area contributed by atoms with Crippen LogP contribution in [0.1, 0.15) is 50.0 Å². The van der Waals surface area contributed by atoms with Gasteiger partial charge in [0.15, 0.2) is 5.00 Å². The molecule has 1 N–H and O–H groups in total. The van der Waals surface area contributed by atoms with Crippen LogP contribution in [0.5, 0.6) is 0 Å². The van der Waals surface area contributed by atoms with Gasteiger partial charge in [-0.25, -0.2) is 0 Å². The number of rotatable bonds is 3. The van der Waals surface area contributed by atoms with Crippen molar-refractivity contribution in [2.45, 2.75) is 51.2 Å². The monoisotopic (exact) mass is 296 g/mol. The molecular formula is C14H20N2O3S. The van der Waals surface area contributed by atoms with Crippen molar-refractivity contribution in [1.82, 2.24) is 0 Å². The fourth-order valence-electron chi connectivity index (χ4n) is 3.64. The van der Waals surface area contributed by atoms with Gasteiger partial charge >= 0.3 is 5.69 Å². The van der Waals surface area contributed by atoms with Gasteiger partial charge in [0.2, 0.25) is 0 Å². The van der Waals surface area contributed by atoms with Gasteiger partial charge in [-0.1, -0.05) is 6.42 Å². The van der Waals surface area contributed by atoms with Crippen LogP contribution >= 0.6 is 11.3 Å². The van der Waals surface area contributed by atoms with Gasteiger partial charge in [0.25, 0.3) is 0 Å². The number of anilines is 1. The predicted octanol–water partition coefficient (Wildman–Crippen LogP) is 3.48. The Labute approximate surface area is 122 Å². The molecule has 0 radical (unpaired) electrons. The first kappa shape index (κ1) is 13.8. The molecule has 1 aromatic heterocycles. The third-order valence-corrected chi connectivity index (χ3v) is 5.91. The molecule has 0 bridgehead atoms. The molecule has 0 amide bonds. The van der Waals surface area contributed by atoms with E-state index >= 15 is 0 Å². The highest BCUT2D eigenvalue weighted by molar-refractivity contribution is 7.16. The van der Waals surface area contributed by atoms with Crippen molar-refractivity contribution in [2.75, 3.05) is 11.4 Å². The van der Waals surface area contributed by atoms with E-state index in [1.807, 2.05) is 0 Å². The lowest BCUT2D eigenvalue weighted by atomic mass is 9.92. The van der Waals surface area contributed by atoms with E-state index in [4.69, 9.17) is 0 Å². The quantitative estimate of drug-likeness (QED) is 0.685. The standard InChI is InChI=1S/C14H20N2O3S/c1-9(17)13-8-12(16(18)19)14(20-13)15-7-3-5-10-4-2-6-11(10)15/h8-11,17H,2-7H2,1H3. The minimum atomic E-state index is -0.642. The minimum Gasteiger partial charge on any atom is -0.388 e. The molecule has 2 fully saturated rings. The van der Waals surface area contributed by atoms with Gasteiger partial charge in [0.1, 0.15) is 0 Å². The first-order valence-electron chi connectivity index (χ1n) is 7.30. The van der Waals surface area contributed by atoms with Gasteiger partial charge in [-0.05, 0) is 38.5 Å². The molecule has 3 unspecified atom stereocenters. The molecular weight excluding hydrogens is 276 g/mol. The first-order chi connectivity index (χ1) is 9.58. The summed E-state index contributed by atoms with van der Waals surface area (Å²) in [6.07, 6.45) is 5.35. The molecule has 1 aliphatic carbocycles. The average molecular weight is 296 g/mol. The molecule has 0 spiro atoms. The molecule has 6 heteroatoms. The Bertz CT molecular complexity index is 515. The van der Waals surface area contributed by atoms with Gasteiger partial charge in [-0.3, -0.25) is 10.1 Å². The van der Waals surface area contributed by atoms with E-state index < -0.39 is 6.10 Å². The van der Waals surface area contributed by atoms with E-state index in [0.717, 1.165) is 24.4 Å². The number of aliphatic hydroxyl groups is 1. The zero-order chi connectivity index (χ0) is 14.3. The number of aliphatic hydroxyl groups excluding tert-OH is 1. The predicted molar refractivity (Wildman–Crippen MR) is 79.3 cm³/mol. The van der Waals surface area contributed by atoms with Crippen molar-refractivity contribution >= 4 is 22.0 Å². The topological polar surface area (TPSA) is 66.6 Å². The summed E-state index contributed by atoms with van der Waals surface area (Å²) in [7, 11) is 0. The minimum absolute atomic E-state index is 0.165. The Kier molecular flexibility index (Phi) is 3.69. The molecule has 1 aromatic rings. The van der Waals surface area contributed by atoms with Crippen LogP contribution in [-0.2, 0) is 0 Å². The summed E-state index contributed by atoms with van der Waals surface area (Å²) >= 11 is 1.39. The number of hydrogen-bond donors (Lipinski definition) is 1. The smallest absolute Gasteiger partial charge is 0.304 e. The lowest BCUT2D eigenvalue weighted by Crippen LogP contribution is -2.42. The Morgan fingerprint density at radius 2 is 2.20 bits per heavy atom. The highest BCUT2D eigenvalue weighted by Crippen LogP contribution is 2.46. The maximum Gasteiger partial charge on any atom is 0.304 e. The van der Waals surface area contributed by atoms with Gasteiger partial charge in [0, 0.05) is 23.5 Å². The first-order valence-corrected chi connectivity index (χ1v) is 8.12. The summed E-state index contributed by atoms with van der Waals surface area (Å²) in [6, 6.07) is 2.01. The molecule has 3 rings (SSSR count). The van der Waals surface area contributed by atoms with E-state index in [0.29, 0.717) is 16.8 Å². The fourth-order valence-corrected chi connectivity index (χ4v) is 4.78. The Balaban J connectivity index is 1.97. The van der Waals surface area contributed by atoms with E-state index in [1.54, 1.807) is 13.0 Å².